The lowest BCUT2D eigenvalue weighted by atomic mass is 9.94. The quantitative estimate of drug-likeness (QED) is 0.300. The zero-order valence-corrected chi connectivity index (χ0v) is 11.2. The van der Waals surface area contributed by atoms with Crippen molar-refractivity contribution in [3.05, 3.63) is 22.8 Å². The molecule has 1 aliphatic rings. The van der Waals surface area contributed by atoms with Gasteiger partial charge in [-0.3, -0.25) is 4.79 Å². The summed E-state index contributed by atoms with van der Waals surface area (Å²) in [5.41, 5.74) is 3.54. The van der Waals surface area contributed by atoms with Gasteiger partial charge in [0.25, 0.3) is 0 Å². The van der Waals surface area contributed by atoms with Crippen molar-refractivity contribution in [2.24, 2.45) is 11.8 Å². The average Bonchev–Trinajstić information content (AvgIpc) is 2.88. The summed E-state index contributed by atoms with van der Waals surface area (Å²) in [6.45, 7) is 8.64. The predicted octanol–water partition coefficient (Wildman–Crippen LogP) is 2.94. The van der Waals surface area contributed by atoms with Crippen molar-refractivity contribution in [3.63, 3.8) is 0 Å². The first-order valence-electron chi connectivity index (χ1n) is 6.42. The Morgan fingerprint density at radius 2 is 1.88 bits per heavy atom. The molecule has 16 heavy (non-hydrogen) atoms. The highest BCUT2D eigenvalue weighted by Gasteiger charge is 2.43. The number of hydrogen-bond acceptors (Lipinski definition) is 1. The molecule has 0 aliphatic heterocycles. The van der Waals surface area contributed by atoms with Gasteiger partial charge in [-0.15, -0.1) is 0 Å². The van der Waals surface area contributed by atoms with E-state index in [-0.39, 0.29) is 0 Å². The van der Waals surface area contributed by atoms with Gasteiger partial charge in [0, 0.05) is 5.57 Å². The Labute approximate surface area is 100 Å². The van der Waals surface area contributed by atoms with E-state index in [1.54, 1.807) is 0 Å². The molecule has 2 heteroatoms. The van der Waals surface area contributed by atoms with E-state index in [1.807, 2.05) is 6.92 Å². The Morgan fingerprint density at radius 1 is 1.31 bits per heavy atom. The summed E-state index contributed by atoms with van der Waals surface area (Å²) in [6.07, 6.45) is 5.16. The van der Waals surface area contributed by atoms with E-state index in [0.29, 0.717) is 5.92 Å². The first-order valence-corrected chi connectivity index (χ1v) is 6.42. The lowest BCUT2D eigenvalue weighted by Crippen LogP contribution is -1.93. The van der Waals surface area contributed by atoms with Gasteiger partial charge in [-0.05, 0) is 31.6 Å². The van der Waals surface area contributed by atoms with E-state index in [1.165, 1.54) is 11.1 Å². The van der Waals surface area contributed by atoms with Gasteiger partial charge in [0.1, 0.15) is 14.1 Å². The number of carbonyl (C=O) groups is 1. The van der Waals surface area contributed by atoms with Crippen LogP contribution in [0.1, 0.15) is 40.5 Å². The molecule has 0 aromatic carbocycles. The minimum Gasteiger partial charge on any atom is -0.298 e. The Kier molecular flexibility index (Phi) is 4.58. The largest absolute Gasteiger partial charge is 0.298 e. The second-order valence-corrected chi connectivity index (χ2v) is 5.02. The van der Waals surface area contributed by atoms with Gasteiger partial charge in [-0.1, -0.05) is 43.8 Å². The third-order valence-electron chi connectivity index (χ3n) is 4.15. The van der Waals surface area contributed by atoms with Crippen LogP contribution in [0.4, 0.5) is 0 Å². The summed E-state index contributed by atoms with van der Waals surface area (Å²) in [7, 11) is 2.30. The maximum atomic E-state index is 11.1. The second-order valence-electron chi connectivity index (χ2n) is 5.02. The van der Waals surface area contributed by atoms with Gasteiger partial charge in [-0.25, -0.2) is 0 Å². The van der Waals surface area contributed by atoms with Gasteiger partial charge >= 0.3 is 0 Å². The van der Waals surface area contributed by atoms with Gasteiger partial charge in [0.2, 0.25) is 0 Å². The maximum absolute atomic E-state index is 11.1. The summed E-state index contributed by atoms with van der Waals surface area (Å²) >= 11 is 0. The first kappa shape index (κ1) is 13.3. The lowest BCUT2D eigenvalue weighted by molar-refractivity contribution is -0.104. The van der Waals surface area contributed by atoms with Crippen LogP contribution >= 0.6 is 0 Å². The molecule has 1 rings (SSSR count). The van der Waals surface area contributed by atoms with Crippen molar-refractivity contribution >= 4 is 14.1 Å². The molecule has 1 nitrogen and oxygen atoms in total. The van der Waals surface area contributed by atoms with E-state index >= 15 is 0 Å². The minimum atomic E-state index is 0.713. The lowest BCUT2D eigenvalue weighted by Gasteiger charge is -2.05. The molecule has 0 radical (unpaired) electrons. The molecule has 3 atom stereocenters. The summed E-state index contributed by atoms with van der Waals surface area (Å²) in [6, 6.07) is 0. The molecular formula is C14H23BO. The molecule has 3 unspecified atom stereocenters. The Balaban J connectivity index is 2.91. The average molecular weight is 218 g/mol. The first-order chi connectivity index (χ1) is 7.56. The molecule has 88 valence electrons. The van der Waals surface area contributed by atoms with Crippen molar-refractivity contribution < 1.29 is 4.79 Å². The van der Waals surface area contributed by atoms with E-state index in [4.69, 9.17) is 0 Å². The summed E-state index contributed by atoms with van der Waals surface area (Å²) in [5.74, 6) is 2.30. The normalized spacial score (nSPS) is 31.0. The van der Waals surface area contributed by atoms with Crippen molar-refractivity contribution in [1.82, 2.24) is 0 Å². The molecule has 0 bridgehead atoms. The van der Waals surface area contributed by atoms with Crippen LogP contribution in [0.3, 0.4) is 0 Å². The van der Waals surface area contributed by atoms with Crippen LogP contribution in [0.15, 0.2) is 22.8 Å². The van der Waals surface area contributed by atoms with Crippen LogP contribution in [0.2, 0.25) is 5.82 Å². The fourth-order valence-corrected chi connectivity index (χ4v) is 2.43. The van der Waals surface area contributed by atoms with Crippen LogP contribution in [0.5, 0.6) is 0 Å². The fraction of sp³-hybridized carbons (Fsp3) is 0.643. The second kappa shape index (κ2) is 5.52. The standard InChI is InChI=1S/C14H23BO/c1-5-9(3)12(8-16)7-11(6-2)13-10(4)14(13)15/h7-8,10,13-14H,5-6,15H2,1-4H3/b11-7+,12-9-. The van der Waals surface area contributed by atoms with E-state index in [9.17, 15) is 4.79 Å². The molecule has 0 amide bonds. The monoisotopic (exact) mass is 218 g/mol. The van der Waals surface area contributed by atoms with Crippen molar-refractivity contribution in [3.8, 4) is 0 Å². The number of hydrogen-bond donors (Lipinski definition) is 0. The van der Waals surface area contributed by atoms with Gasteiger partial charge in [0.05, 0.1) is 0 Å². The Hall–Kier alpha value is -0.785. The summed E-state index contributed by atoms with van der Waals surface area (Å²) in [5, 5.41) is 0. The van der Waals surface area contributed by atoms with Crippen LogP contribution < -0.4 is 0 Å². The third kappa shape index (κ3) is 2.66. The fourth-order valence-electron chi connectivity index (χ4n) is 2.43. The molecular weight excluding hydrogens is 195 g/mol. The summed E-state index contributed by atoms with van der Waals surface area (Å²) in [4.78, 5) is 11.1. The zero-order chi connectivity index (χ0) is 12.3. The molecule has 0 aromatic heterocycles. The number of aldehydes is 1. The molecule has 0 spiro atoms. The molecule has 1 saturated carbocycles. The smallest absolute Gasteiger partial charge is 0.149 e. The van der Waals surface area contributed by atoms with Gasteiger partial charge in [-0.2, -0.15) is 0 Å². The maximum Gasteiger partial charge on any atom is 0.149 e. The highest BCUT2D eigenvalue weighted by Crippen LogP contribution is 2.54. The third-order valence-corrected chi connectivity index (χ3v) is 4.15. The van der Waals surface area contributed by atoms with Crippen LogP contribution in [0, 0.1) is 11.8 Å². The van der Waals surface area contributed by atoms with Crippen molar-refractivity contribution in [2.45, 2.75) is 46.4 Å². The van der Waals surface area contributed by atoms with Gasteiger partial charge in [0.15, 0.2) is 0 Å². The summed E-state index contributed by atoms with van der Waals surface area (Å²) < 4.78 is 0. The minimum absolute atomic E-state index is 0.713. The van der Waals surface area contributed by atoms with Crippen LogP contribution in [-0.2, 0) is 4.79 Å². The van der Waals surface area contributed by atoms with E-state index in [2.05, 4.69) is 34.7 Å². The SMILES string of the molecule is BC1C(C)C1/C(=C/C(C=O)=C(\C)CC)CC. The topological polar surface area (TPSA) is 17.1 Å². The number of rotatable bonds is 5. The Morgan fingerprint density at radius 3 is 2.19 bits per heavy atom. The molecule has 0 aromatic rings. The van der Waals surface area contributed by atoms with Crippen molar-refractivity contribution in [2.75, 3.05) is 0 Å². The predicted molar refractivity (Wildman–Crippen MR) is 72.4 cm³/mol. The number of allylic oxidation sites excluding steroid dienone is 4. The molecule has 0 saturated heterocycles. The van der Waals surface area contributed by atoms with Crippen molar-refractivity contribution in [1.29, 1.82) is 0 Å². The molecule has 0 heterocycles. The highest BCUT2D eigenvalue weighted by atomic mass is 16.1. The molecule has 1 fully saturated rings. The highest BCUT2D eigenvalue weighted by molar-refractivity contribution is 6.14. The van der Waals surface area contributed by atoms with Gasteiger partial charge < -0.3 is 0 Å². The van der Waals surface area contributed by atoms with E-state index < -0.39 is 0 Å². The zero-order valence-electron chi connectivity index (χ0n) is 11.2. The van der Waals surface area contributed by atoms with Crippen LogP contribution in [-0.4, -0.2) is 14.1 Å². The molecule has 1 aliphatic carbocycles. The van der Waals surface area contributed by atoms with Crippen LogP contribution in [0.25, 0.3) is 0 Å². The number of carbonyl (C=O) groups excluding carboxylic acids is 1. The molecule has 0 N–H and O–H groups in total. The Bertz CT molecular complexity index is 320. The van der Waals surface area contributed by atoms with E-state index in [0.717, 1.165) is 36.4 Å².